The van der Waals surface area contributed by atoms with Crippen molar-refractivity contribution in [1.29, 1.82) is 0 Å². The van der Waals surface area contributed by atoms with E-state index in [1.165, 1.54) is 43.4 Å². The summed E-state index contributed by atoms with van der Waals surface area (Å²) in [7, 11) is -2.44. The molecule has 0 spiro atoms. The molecule has 0 aliphatic carbocycles. The summed E-state index contributed by atoms with van der Waals surface area (Å²) in [6.45, 7) is 3.63. The van der Waals surface area contributed by atoms with Crippen molar-refractivity contribution in [2.75, 3.05) is 13.7 Å². The highest BCUT2D eigenvalue weighted by molar-refractivity contribution is 7.89. The van der Waals surface area contributed by atoms with Gasteiger partial charge in [-0.3, -0.25) is 4.79 Å². The standard InChI is InChI=1S/C23H23FN2O5S/c1-15-11-21(16(2)26(15)13-17-7-9-19(24)10-8-17)22(27)14-31-23(28)18-5-4-6-20(12-18)32(29,30)25-3/h4-12,25H,13-14H2,1-3H3. The third-order valence-electron chi connectivity index (χ3n) is 5.11. The Balaban J connectivity index is 1.71. The van der Waals surface area contributed by atoms with Crippen LogP contribution in [0.4, 0.5) is 4.39 Å². The Morgan fingerprint density at radius 3 is 2.41 bits per heavy atom. The first kappa shape index (κ1) is 23.4. The van der Waals surface area contributed by atoms with E-state index in [2.05, 4.69) is 4.72 Å². The molecule has 0 radical (unpaired) electrons. The van der Waals surface area contributed by atoms with Crippen LogP contribution >= 0.6 is 0 Å². The fourth-order valence-electron chi connectivity index (χ4n) is 3.30. The maximum Gasteiger partial charge on any atom is 0.338 e. The van der Waals surface area contributed by atoms with Crippen LogP contribution in [0.1, 0.15) is 37.7 Å². The van der Waals surface area contributed by atoms with Crippen LogP contribution in [0.15, 0.2) is 59.5 Å². The van der Waals surface area contributed by atoms with E-state index in [1.54, 1.807) is 25.1 Å². The summed E-state index contributed by atoms with van der Waals surface area (Å²) in [6.07, 6.45) is 0. The summed E-state index contributed by atoms with van der Waals surface area (Å²) in [5.41, 5.74) is 2.87. The van der Waals surface area contributed by atoms with Crippen LogP contribution in [0.5, 0.6) is 0 Å². The lowest BCUT2D eigenvalue weighted by Crippen LogP contribution is -2.19. The van der Waals surface area contributed by atoms with Crippen LogP contribution in [0, 0.1) is 19.7 Å². The Labute approximate surface area is 185 Å². The number of carbonyl (C=O) groups is 2. The third kappa shape index (κ3) is 5.12. The number of esters is 1. The summed E-state index contributed by atoms with van der Waals surface area (Å²) < 4.78 is 46.2. The van der Waals surface area contributed by atoms with Gasteiger partial charge in [0.1, 0.15) is 5.82 Å². The van der Waals surface area contributed by atoms with E-state index in [0.717, 1.165) is 11.3 Å². The Bertz CT molecular complexity index is 1260. The average molecular weight is 459 g/mol. The molecule has 32 heavy (non-hydrogen) atoms. The number of Topliss-reactive ketones (excluding diaryl/α,β-unsaturated/α-hetero) is 1. The molecule has 1 aromatic heterocycles. The van der Waals surface area contributed by atoms with Gasteiger partial charge in [-0.25, -0.2) is 22.3 Å². The molecule has 1 N–H and O–H groups in total. The monoisotopic (exact) mass is 458 g/mol. The van der Waals surface area contributed by atoms with E-state index in [-0.39, 0.29) is 22.1 Å². The summed E-state index contributed by atoms with van der Waals surface area (Å²) in [5.74, 6) is -1.50. The van der Waals surface area contributed by atoms with Crippen molar-refractivity contribution in [3.05, 3.63) is 88.5 Å². The minimum Gasteiger partial charge on any atom is -0.454 e. The van der Waals surface area contributed by atoms with E-state index >= 15 is 0 Å². The molecule has 7 nitrogen and oxygen atoms in total. The van der Waals surface area contributed by atoms with Crippen molar-refractivity contribution >= 4 is 21.8 Å². The normalized spacial score (nSPS) is 11.4. The number of ether oxygens (including phenoxy) is 1. The van der Waals surface area contributed by atoms with Crippen LogP contribution in [0.25, 0.3) is 0 Å². The molecule has 3 rings (SSSR count). The predicted molar refractivity (Wildman–Crippen MR) is 117 cm³/mol. The smallest absolute Gasteiger partial charge is 0.338 e. The molecule has 0 unspecified atom stereocenters. The van der Waals surface area contributed by atoms with Crippen LogP contribution in [0.3, 0.4) is 0 Å². The average Bonchev–Trinajstić information content (AvgIpc) is 3.07. The lowest BCUT2D eigenvalue weighted by Gasteiger charge is -2.10. The maximum absolute atomic E-state index is 13.1. The number of nitrogens with one attached hydrogen (secondary N) is 1. The van der Waals surface area contributed by atoms with Crippen LogP contribution in [0.2, 0.25) is 0 Å². The van der Waals surface area contributed by atoms with Crippen molar-refractivity contribution < 1.29 is 27.1 Å². The van der Waals surface area contributed by atoms with Crippen LogP contribution in [-0.2, 0) is 21.3 Å². The van der Waals surface area contributed by atoms with Gasteiger partial charge in [0.05, 0.1) is 10.5 Å². The van der Waals surface area contributed by atoms with Gasteiger partial charge in [0.25, 0.3) is 0 Å². The number of benzene rings is 2. The Hall–Kier alpha value is -3.30. The Morgan fingerprint density at radius 1 is 1.06 bits per heavy atom. The van der Waals surface area contributed by atoms with Crippen molar-refractivity contribution in [2.24, 2.45) is 0 Å². The lowest BCUT2D eigenvalue weighted by atomic mass is 10.1. The molecule has 0 bridgehead atoms. The van der Waals surface area contributed by atoms with Crippen molar-refractivity contribution in [2.45, 2.75) is 25.3 Å². The fraction of sp³-hybridized carbons (Fsp3) is 0.217. The van der Waals surface area contributed by atoms with E-state index in [0.29, 0.717) is 17.8 Å². The molecular formula is C23H23FN2O5S. The van der Waals surface area contributed by atoms with Crippen molar-refractivity contribution in [3.8, 4) is 0 Å². The van der Waals surface area contributed by atoms with Gasteiger partial charge in [0.2, 0.25) is 15.8 Å². The van der Waals surface area contributed by atoms with E-state index in [1.807, 2.05) is 11.5 Å². The van der Waals surface area contributed by atoms with Crippen LogP contribution in [-0.4, -0.2) is 38.4 Å². The van der Waals surface area contributed by atoms with Gasteiger partial charge in [-0.2, -0.15) is 0 Å². The van der Waals surface area contributed by atoms with Gasteiger partial charge < -0.3 is 9.30 Å². The van der Waals surface area contributed by atoms with Gasteiger partial charge in [0.15, 0.2) is 6.61 Å². The number of aromatic nitrogens is 1. The highest BCUT2D eigenvalue weighted by Crippen LogP contribution is 2.19. The summed E-state index contributed by atoms with van der Waals surface area (Å²) in [4.78, 5) is 25.0. The molecule has 0 amide bonds. The zero-order valence-electron chi connectivity index (χ0n) is 17.9. The molecule has 0 aliphatic heterocycles. The molecule has 1 heterocycles. The summed E-state index contributed by atoms with van der Waals surface area (Å²) >= 11 is 0. The van der Waals surface area contributed by atoms with Crippen molar-refractivity contribution in [1.82, 2.24) is 9.29 Å². The molecular weight excluding hydrogens is 435 g/mol. The number of sulfonamides is 1. The molecule has 0 saturated heterocycles. The largest absolute Gasteiger partial charge is 0.454 e. The second kappa shape index (κ2) is 9.46. The van der Waals surface area contributed by atoms with Gasteiger partial charge in [-0.05, 0) is 62.9 Å². The van der Waals surface area contributed by atoms with Gasteiger partial charge in [-0.1, -0.05) is 18.2 Å². The second-order valence-corrected chi connectivity index (χ2v) is 9.12. The number of halogens is 1. The molecule has 2 aromatic carbocycles. The minimum absolute atomic E-state index is 0.0240. The van der Waals surface area contributed by atoms with Gasteiger partial charge >= 0.3 is 5.97 Å². The first-order valence-electron chi connectivity index (χ1n) is 9.77. The summed E-state index contributed by atoms with van der Waals surface area (Å²) in [6, 6.07) is 13.2. The summed E-state index contributed by atoms with van der Waals surface area (Å²) in [5, 5.41) is 0. The number of nitrogens with zero attached hydrogens (tertiary/aromatic N) is 1. The Morgan fingerprint density at radius 2 is 1.75 bits per heavy atom. The fourth-order valence-corrected chi connectivity index (χ4v) is 4.07. The second-order valence-electron chi connectivity index (χ2n) is 7.23. The van der Waals surface area contributed by atoms with Crippen LogP contribution < -0.4 is 4.72 Å². The molecule has 0 fully saturated rings. The zero-order valence-corrected chi connectivity index (χ0v) is 18.7. The molecule has 0 atom stereocenters. The highest BCUT2D eigenvalue weighted by Gasteiger charge is 2.19. The molecule has 9 heteroatoms. The zero-order chi connectivity index (χ0) is 23.5. The van der Waals surface area contributed by atoms with Gasteiger partial charge in [-0.15, -0.1) is 0 Å². The number of rotatable bonds is 8. The molecule has 0 saturated carbocycles. The predicted octanol–water partition coefficient (Wildman–Crippen LogP) is 3.24. The van der Waals surface area contributed by atoms with E-state index < -0.39 is 22.6 Å². The first-order chi connectivity index (χ1) is 15.1. The number of hydrogen-bond acceptors (Lipinski definition) is 5. The SMILES string of the molecule is CNS(=O)(=O)c1cccc(C(=O)OCC(=O)c2cc(C)n(Cc3ccc(F)cc3)c2C)c1. The Kier molecular flexibility index (Phi) is 6.90. The van der Waals surface area contributed by atoms with E-state index in [9.17, 15) is 22.4 Å². The quantitative estimate of drug-likeness (QED) is 0.413. The maximum atomic E-state index is 13.1. The number of carbonyl (C=O) groups excluding carboxylic acids is 2. The van der Waals surface area contributed by atoms with Gasteiger partial charge in [0, 0.05) is 23.5 Å². The van der Waals surface area contributed by atoms with E-state index in [4.69, 9.17) is 4.74 Å². The molecule has 3 aromatic rings. The first-order valence-corrected chi connectivity index (χ1v) is 11.3. The topological polar surface area (TPSA) is 94.5 Å². The lowest BCUT2D eigenvalue weighted by molar-refractivity contribution is 0.0474. The molecule has 0 aliphatic rings. The number of ketones is 1. The number of hydrogen-bond donors (Lipinski definition) is 1. The van der Waals surface area contributed by atoms with Crippen molar-refractivity contribution in [3.63, 3.8) is 0 Å². The third-order valence-corrected chi connectivity index (χ3v) is 6.52. The minimum atomic E-state index is -3.71. The number of aryl methyl sites for hydroxylation is 1. The molecule has 168 valence electrons. The highest BCUT2D eigenvalue weighted by atomic mass is 32.2.